The number of benzene rings is 1. The van der Waals surface area contributed by atoms with E-state index in [0.29, 0.717) is 29.2 Å². The molecule has 3 rings (SSSR count). The first-order valence-electron chi connectivity index (χ1n) is 6.01. The van der Waals surface area contributed by atoms with Crippen LogP contribution in [0.25, 0.3) is 5.57 Å². The predicted molar refractivity (Wildman–Crippen MR) is 66.4 cm³/mol. The topological polar surface area (TPSA) is 70.8 Å². The van der Waals surface area contributed by atoms with Crippen molar-refractivity contribution in [3.8, 4) is 11.5 Å². The fraction of sp³-hybridized carbons (Fsp3) is 0.385. The van der Waals surface area contributed by atoms with E-state index < -0.39 is 11.2 Å². The quantitative estimate of drug-likeness (QED) is 0.603. The van der Waals surface area contributed by atoms with E-state index in [1.54, 1.807) is 25.3 Å². The molecule has 19 heavy (non-hydrogen) atoms. The Morgan fingerprint density at radius 3 is 3.11 bits per heavy atom. The molecule has 0 unspecified atom stereocenters. The number of rotatable bonds is 2. The van der Waals surface area contributed by atoms with E-state index in [1.807, 2.05) is 0 Å². The Kier molecular flexibility index (Phi) is 2.87. The number of ether oxygens (including phenoxy) is 3. The van der Waals surface area contributed by atoms with Gasteiger partial charge in [-0.25, -0.2) is 0 Å². The molecular weight excluding hydrogens is 250 g/mol. The Morgan fingerprint density at radius 1 is 1.53 bits per heavy atom. The summed E-state index contributed by atoms with van der Waals surface area (Å²) in [7, 11) is 1.56. The number of fused-ring (bicyclic) bond motifs is 2. The van der Waals surface area contributed by atoms with Crippen LogP contribution in [0.4, 0.5) is 0 Å². The summed E-state index contributed by atoms with van der Waals surface area (Å²) >= 11 is 0. The van der Waals surface area contributed by atoms with Crippen molar-refractivity contribution in [3.05, 3.63) is 40.1 Å². The maximum Gasteiger partial charge on any atom is 0.238 e. The molecule has 100 valence electrons. The molecule has 6 heteroatoms. The molecule has 1 saturated heterocycles. The first-order chi connectivity index (χ1) is 9.19. The van der Waals surface area contributed by atoms with E-state index >= 15 is 0 Å². The second kappa shape index (κ2) is 4.55. The summed E-state index contributed by atoms with van der Waals surface area (Å²) in [5.74, 6) is 1.15. The van der Waals surface area contributed by atoms with Gasteiger partial charge in [-0.2, -0.15) is 0 Å². The zero-order chi connectivity index (χ0) is 13.4. The fourth-order valence-electron chi connectivity index (χ4n) is 2.55. The highest BCUT2D eigenvalue weighted by atomic mass is 16.7. The molecule has 2 atom stereocenters. The lowest BCUT2D eigenvalue weighted by Gasteiger charge is -2.28. The summed E-state index contributed by atoms with van der Waals surface area (Å²) in [6.45, 7) is 0.551. The highest BCUT2D eigenvalue weighted by Gasteiger charge is 2.40. The Morgan fingerprint density at radius 2 is 2.37 bits per heavy atom. The second-order valence-electron chi connectivity index (χ2n) is 4.48. The molecule has 0 aliphatic carbocycles. The van der Waals surface area contributed by atoms with Gasteiger partial charge in [0.15, 0.2) is 0 Å². The van der Waals surface area contributed by atoms with Crippen LogP contribution in [0.15, 0.2) is 24.4 Å². The predicted octanol–water partition coefficient (Wildman–Crippen LogP) is 2.07. The smallest absolute Gasteiger partial charge is 0.238 e. The van der Waals surface area contributed by atoms with Crippen LogP contribution < -0.4 is 9.47 Å². The summed E-state index contributed by atoms with van der Waals surface area (Å²) in [5.41, 5.74) is 1.36. The van der Waals surface area contributed by atoms with Crippen molar-refractivity contribution >= 4 is 5.57 Å². The molecule has 2 heterocycles. The molecule has 1 fully saturated rings. The lowest BCUT2D eigenvalue weighted by Crippen LogP contribution is -2.29. The maximum atomic E-state index is 10.8. The molecule has 1 aromatic carbocycles. The molecular formula is C13H13NO5. The van der Waals surface area contributed by atoms with Gasteiger partial charge in [-0.15, -0.1) is 0 Å². The highest BCUT2D eigenvalue weighted by molar-refractivity contribution is 5.74. The van der Waals surface area contributed by atoms with Crippen molar-refractivity contribution in [2.45, 2.75) is 12.7 Å². The second-order valence-corrected chi connectivity index (χ2v) is 4.48. The van der Waals surface area contributed by atoms with Gasteiger partial charge in [0.05, 0.1) is 24.6 Å². The molecule has 2 aliphatic rings. The van der Waals surface area contributed by atoms with Crippen molar-refractivity contribution in [1.29, 1.82) is 0 Å². The lowest BCUT2D eigenvalue weighted by molar-refractivity contribution is -0.401. The third-order valence-electron chi connectivity index (χ3n) is 3.42. The van der Waals surface area contributed by atoms with Crippen LogP contribution in [0, 0.1) is 16.0 Å². The largest absolute Gasteiger partial charge is 0.497 e. The van der Waals surface area contributed by atoms with Crippen molar-refractivity contribution in [2.24, 2.45) is 5.92 Å². The molecule has 0 radical (unpaired) electrons. The minimum Gasteiger partial charge on any atom is -0.497 e. The van der Waals surface area contributed by atoms with E-state index in [4.69, 9.17) is 14.2 Å². The number of nitro groups is 1. The average Bonchev–Trinajstić information content (AvgIpc) is 2.85. The lowest BCUT2D eigenvalue weighted by atomic mass is 9.88. The van der Waals surface area contributed by atoms with Crippen LogP contribution in [-0.2, 0) is 4.74 Å². The molecule has 6 nitrogen and oxygen atoms in total. The minimum atomic E-state index is -0.431. The van der Waals surface area contributed by atoms with Crippen LogP contribution in [0.5, 0.6) is 11.5 Å². The van der Waals surface area contributed by atoms with Crippen molar-refractivity contribution in [2.75, 3.05) is 13.7 Å². The summed E-state index contributed by atoms with van der Waals surface area (Å²) in [6.07, 6.45) is 1.35. The summed E-state index contributed by atoms with van der Waals surface area (Å²) in [4.78, 5) is 10.4. The van der Waals surface area contributed by atoms with Crippen LogP contribution >= 0.6 is 0 Å². The van der Waals surface area contributed by atoms with E-state index in [-0.39, 0.29) is 5.92 Å². The van der Waals surface area contributed by atoms with Crippen LogP contribution in [0.2, 0.25) is 0 Å². The Hall–Kier alpha value is -2.08. The van der Waals surface area contributed by atoms with Gasteiger partial charge in [0, 0.05) is 11.1 Å². The number of hydrogen-bond acceptors (Lipinski definition) is 5. The third kappa shape index (κ3) is 2.04. The normalized spacial score (nSPS) is 26.5. The monoisotopic (exact) mass is 263 g/mol. The fourth-order valence-corrected chi connectivity index (χ4v) is 2.55. The Labute approximate surface area is 109 Å². The van der Waals surface area contributed by atoms with E-state index in [2.05, 4.69) is 0 Å². The van der Waals surface area contributed by atoms with Crippen LogP contribution in [0.3, 0.4) is 0 Å². The van der Waals surface area contributed by atoms with Gasteiger partial charge in [0.25, 0.3) is 0 Å². The van der Waals surface area contributed by atoms with Gasteiger partial charge in [-0.05, 0) is 24.6 Å². The summed E-state index contributed by atoms with van der Waals surface area (Å²) < 4.78 is 16.4. The Balaban J connectivity index is 2.12. The summed E-state index contributed by atoms with van der Waals surface area (Å²) in [5, 5.41) is 10.8. The molecule has 0 N–H and O–H groups in total. The molecule has 2 aliphatic heterocycles. The molecule has 0 amide bonds. The first kappa shape index (κ1) is 12.0. The zero-order valence-corrected chi connectivity index (χ0v) is 10.4. The minimum absolute atomic E-state index is 0.0926. The maximum absolute atomic E-state index is 10.8. The van der Waals surface area contributed by atoms with Crippen LogP contribution in [-0.4, -0.2) is 24.9 Å². The van der Waals surface area contributed by atoms with Gasteiger partial charge >= 0.3 is 0 Å². The van der Waals surface area contributed by atoms with Gasteiger partial charge in [0.2, 0.25) is 12.5 Å². The third-order valence-corrected chi connectivity index (χ3v) is 3.42. The molecule has 1 aromatic rings. The number of nitrogens with zero attached hydrogens (tertiary/aromatic N) is 1. The summed E-state index contributed by atoms with van der Waals surface area (Å²) in [6, 6.07) is 5.27. The van der Waals surface area contributed by atoms with Crippen LogP contribution in [0.1, 0.15) is 12.0 Å². The SMILES string of the molecule is COc1ccc2c(c1)/C(=C/[N+](=O)[O-])[C@H]1CCO[C@H]1O2. The molecule has 0 spiro atoms. The van der Waals surface area contributed by atoms with Gasteiger partial charge in [-0.1, -0.05) is 0 Å². The molecule has 0 aromatic heterocycles. The van der Waals surface area contributed by atoms with Gasteiger partial charge in [0.1, 0.15) is 11.5 Å². The Bertz CT molecular complexity index is 554. The average molecular weight is 263 g/mol. The van der Waals surface area contributed by atoms with E-state index in [9.17, 15) is 10.1 Å². The van der Waals surface area contributed by atoms with Crippen molar-refractivity contribution in [1.82, 2.24) is 0 Å². The van der Waals surface area contributed by atoms with E-state index in [0.717, 1.165) is 12.6 Å². The molecule has 0 bridgehead atoms. The standard InChI is InChI=1S/C13H13NO5/c1-17-8-2-3-12-10(6-8)11(7-14(15)16)9-4-5-18-13(9)19-12/h2-3,6-7,9,13H,4-5H2,1H3/b11-7+/t9-,13+/m1/s1. The van der Waals surface area contributed by atoms with E-state index in [1.165, 1.54) is 0 Å². The highest BCUT2D eigenvalue weighted by Crippen LogP contribution is 2.45. The van der Waals surface area contributed by atoms with Crippen molar-refractivity contribution < 1.29 is 19.1 Å². The zero-order valence-electron chi connectivity index (χ0n) is 10.4. The van der Waals surface area contributed by atoms with Gasteiger partial charge in [-0.3, -0.25) is 10.1 Å². The molecule has 0 saturated carbocycles. The first-order valence-corrected chi connectivity index (χ1v) is 6.01. The van der Waals surface area contributed by atoms with Crippen molar-refractivity contribution in [3.63, 3.8) is 0 Å². The number of hydrogen-bond donors (Lipinski definition) is 0. The van der Waals surface area contributed by atoms with Gasteiger partial charge < -0.3 is 14.2 Å². The number of methoxy groups -OCH3 is 1.